The molecule has 0 spiro atoms. The van der Waals surface area contributed by atoms with Gasteiger partial charge in [-0.2, -0.15) is 0 Å². The molecular formula is C24H38OSi2. The van der Waals surface area contributed by atoms with Crippen LogP contribution in [-0.2, 0) is 5.60 Å². The Labute approximate surface area is 170 Å². The van der Waals surface area contributed by atoms with Gasteiger partial charge >= 0.3 is 0 Å². The number of hydrogen-bond acceptors (Lipinski definition) is 1. The molecule has 27 heavy (non-hydrogen) atoms. The van der Waals surface area contributed by atoms with Crippen molar-refractivity contribution in [3.8, 4) is 22.9 Å². The molecule has 0 saturated carbocycles. The van der Waals surface area contributed by atoms with Crippen LogP contribution in [-0.4, -0.2) is 21.3 Å². The average Bonchev–Trinajstić information content (AvgIpc) is 2.49. The van der Waals surface area contributed by atoms with E-state index in [2.05, 4.69) is 90.7 Å². The minimum atomic E-state index is -1.85. The van der Waals surface area contributed by atoms with E-state index in [9.17, 15) is 5.11 Å². The van der Waals surface area contributed by atoms with Gasteiger partial charge in [0.1, 0.15) is 16.1 Å². The summed E-state index contributed by atoms with van der Waals surface area (Å²) in [5.74, 6) is 6.44. The minimum Gasteiger partial charge on any atom is -0.364 e. The molecule has 0 aliphatic rings. The van der Waals surface area contributed by atoms with Crippen molar-refractivity contribution in [3.63, 3.8) is 0 Å². The molecular weight excluding hydrogens is 360 g/mol. The number of aliphatic hydroxyl groups is 1. The van der Waals surface area contributed by atoms with Crippen molar-refractivity contribution in [2.75, 3.05) is 0 Å². The van der Waals surface area contributed by atoms with Crippen LogP contribution in [0.4, 0.5) is 0 Å². The van der Waals surface area contributed by atoms with Gasteiger partial charge in [-0.1, -0.05) is 109 Å². The van der Waals surface area contributed by atoms with E-state index >= 15 is 0 Å². The molecule has 3 heteroatoms. The fourth-order valence-corrected chi connectivity index (χ4v) is 3.58. The largest absolute Gasteiger partial charge is 0.364 e. The van der Waals surface area contributed by atoms with Crippen LogP contribution in [0.2, 0.25) is 36.3 Å². The standard InChI is InChI=1S/C24H38OSi2/c1-20-12-14-21(15-13-20)24(25,16-18-26(8,9)22(2,3)4)17-19-27(10,11)23(5,6)7/h12-15,25H,1-11H3. The molecule has 0 aliphatic carbocycles. The Hall–Kier alpha value is -1.27. The first kappa shape index (κ1) is 23.8. The van der Waals surface area contributed by atoms with E-state index in [0.717, 1.165) is 11.1 Å². The van der Waals surface area contributed by atoms with Crippen molar-refractivity contribution in [1.29, 1.82) is 0 Å². The molecule has 0 heterocycles. The summed E-state index contributed by atoms with van der Waals surface area (Å²) in [5.41, 5.74) is 7.47. The van der Waals surface area contributed by atoms with Crippen molar-refractivity contribution in [2.45, 2.75) is 90.3 Å². The van der Waals surface area contributed by atoms with Gasteiger partial charge in [0.2, 0.25) is 5.60 Å². The molecule has 1 aromatic carbocycles. The van der Waals surface area contributed by atoms with Gasteiger partial charge in [-0.15, -0.1) is 11.1 Å². The zero-order valence-electron chi connectivity index (χ0n) is 19.3. The number of hydrogen-bond donors (Lipinski definition) is 1. The third-order valence-electron chi connectivity index (χ3n) is 6.33. The van der Waals surface area contributed by atoms with Gasteiger partial charge in [-0.3, -0.25) is 0 Å². The highest BCUT2D eigenvalue weighted by molar-refractivity contribution is 6.88. The van der Waals surface area contributed by atoms with Gasteiger partial charge in [-0.25, -0.2) is 0 Å². The monoisotopic (exact) mass is 398 g/mol. The van der Waals surface area contributed by atoms with E-state index in [1.807, 2.05) is 31.2 Å². The first-order valence-corrected chi connectivity index (χ1v) is 15.8. The Bertz CT molecular complexity index is 736. The molecule has 148 valence electrons. The smallest absolute Gasteiger partial charge is 0.212 e. The van der Waals surface area contributed by atoms with Crippen LogP contribution in [0.15, 0.2) is 24.3 Å². The Morgan fingerprint density at radius 3 is 1.33 bits per heavy atom. The SMILES string of the molecule is Cc1ccc(C(O)(C#C[Si](C)(C)C(C)(C)C)C#C[Si](C)(C)C(C)(C)C)cc1. The zero-order chi connectivity index (χ0) is 21.3. The van der Waals surface area contributed by atoms with Crippen molar-refractivity contribution in [1.82, 2.24) is 0 Å². The predicted octanol–water partition coefficient (Wildman–Crippen LogP) is 6.28. The summed E-state index contributed by atoms with van der Waals surface area (Å²) < 4.78 is 0. The number of rotatable bonds is 1. The molecule has 0 amide bonds. The number of aryl methyl sites for hydroxylation is 1. The van der Waals surface area contributed by atoms with Gasteiger partial charge in [0.15, 0.2) is 0 Å². The Morgan fingerprint density at radius 1 is 0.704 bits per heavy atom. The van der Waals surface area contributed by atoms with Gasteiger partial charge in [0.05, 0.1) is 0 Å². The van der Waals surface area contributed by atoms with Gasteiger partial charge in [0, 0.05) is 5.56 Å². The van der Waals surface area contributed by atoms with E-state index < -0.39 is 21.7 Å². The van der Waals surface area contributed by atoms with Crippen molar-refractivity contribution < 1.29 is 5.11 Å². The molecule has 0 bridgehead atoms. The van der Waals surface area contributed by atoms with Crippen LogP contribution < -0.4 is 0 Å². The molecule has 0 radical (unpaired) electrons. The molecule has 1 aromatic rings. The van der Waals surface area contributed by atoms with Crippen molar-refractivity contribution in [3.05, 3.63) is 35.4 Å². The average molecular weight is 399 g/mol. The van der Waals surface area contributed by atoms with E-state index in [-0.39, 0.29) is 10.1 Å². The van der Waals surface area contributed by atoms with Gasteiger partial charge in [0.25, 0.3) is 0 Å². The summed E-state index contributed by atoms with van der Waals surface area (Å²) in [4.78, 5) is 0. The zero-order valence-corrected chi connectivity index (χ0v) is 21.3. The Morgan fingerprint density at radius 2 is 1.04 bits per heavy atom. The molecule has 0 fully saturated rings. The van der Waals surface area contributed by atoms with Crippen LogP contribution in [0.1, 0.15) is 52.7 Å². The summed E-state index contributed by atoms with van der Waals surface area (Å²) >= 11 is 0. The third-order valence-corrected chi connectivity index (χ3v) is 15.3. The predicted molar refractivity (Wildman–Crippen MR) is 125 cm³/mol. The van der Waals surface area contributed by atoms with Gasteiger partial charge < -0.3 is 5.11 Å². The fraction of sp³-hybridized carbons (Fsp3) is 0.583. The summed E-state index contributed by atoms with van der Waals surface area (Å²) in [6.45, 7) is 24.5. The highest BCUT2D eigenvalue weighted by Gasteiger charge is 2.37. The van der Waals surface area contributed by atoms with E-state index in [0.29, 0.717) is 0 Å². The number of benzene rings is 1. The second-order valence-corrected chi connectivity index (χ2v) is 20.8. The maximum atomic E-state index is 11.5. The minimum absolute atomic E-state index is 0.140. The van der Waals surface area contributed by atoms with Gasteiger partial charge in [-0.05, 0) is 17.0 Å². The lowest BCUT2D eigenvalue weighted by Crippen LogP contribution is -2.37. The Balaban J connectivity index is 3.56. The second kappa shape index (κ2) is 7.63. The van der Waals surface area contributed by atoms with E-state index in [1.54, 1.807) is 0 Å². The van der Waals surface area contributed by atoms with Crippen LogP contribution in [0, 0.1) is 29.9 Å². The van der Waals surface area contributed by atoms with Crippen molar-refractivity contribution >= 4 is 16.1 Å². The quantitative estimate of drug-likeness (QED) is 0.435. The highest BCUT2D eigenvalue weighted by atomic mass is 28.3. The molecule has 1 nitrogen and oxygen atoms in total. The second-order valence-electron chi connectivity index (χ2n) is 10.8. The highest BCUT2D eigenvalue weighted by Crippen LogP contribution is 2.37. The topological polar surface area (TPSA) is 20.2 Å². The molecule has 0 aliphatic heterocycles. The Kier molecular flexibility index (Phi) is 6.72. The summed E-state index contributed by atoms with van der Waals surface area (Å²) in [5, 5.41) is 11.8. The van der Waals surface area contributed by atoms with Crippen LogP contribution in [0.3, 0.4) is 0 Å². The van der Waals surface area contributed by atoms with Crippen LogP contribution in [0.5, 0.6) is 0 Å². The summed E-state index contributed by atoms with van der Waals surface area (Å²) in [6.07, 6.45) is 0. The first-order valence-electron chi connectivity index (χ1n) is 9.79. The molecule has 0 atom stereocenters. The molecule has 0 aromatic heterocycles. The summed E-state index contributed by atoms with van der Waals surface area (Å²) in [7, 11) is -3.70. The molecule has 1 N–H and O–H groups in total. The first-order chi connectivity index (χ1) is 11.9. The molecule has 0 unspecified atom stereocenters. The molecule has 1 rings (SSSR count). The molecule has 0 saturated heterocycles. The lowest BCUT2D eigenvalue weighted by Gasteiger charge is -2.33. The van der Waals surface area contributed by atoms with Crippen molar-refractivity contribution in [2.24, 2.45) is 0 Å². The maximum absolute atomic E-state index is 11.5. The maximum Gasteiger partial charge on any atom is 0.212 e. The third kappa shape index (κ3) is 5.85. The normalized spacial score (nSPS) is 13.3. The fourth-order valence-electron chi connectivity index (χ4n) is 1.84. The van der Waals surface area contributed by atoms with E-state index in [4.69, 9.17) is 0 Å². The lowest BCUT2D eigenvalue weighted by molar-refractivity contribution is 0.165. The van der Waals surface area contributed by atoms with Crippen LogP contribution in [0.25, 0.3) is 0 Å². The lowest BCUT2D eigenvalue weighted by atomic mass is 9.95. The van der Waals surface area contributed by atoms with E-state index in [1.165, 1.54) is 0 Å². The summed E-state index contributed by atoms with van der Waals surface area (Å²) in [6, 6.07) is 7.94. The van der Waals surface area contributed by atoms with Crippen LogP contribution >= 0.6 is 0 Å².